The molecule has 0 bridgehead atoms. The minimum atomic E-state index is 0.0808. The van der Waals surface area contributed by atoms with Crippen molar-refractivity contribution in [2.75, 3.05) is 6.61 Å². The number of hydrogen-bond donors (Lipinski definition) is 0. The van der Waals surface area contributed by atoms with Gasteiger partial charge in [-0.2, -0.15) is 0 Å². The molecule has 1 aromatic heterocycles. The van der Waals surface area contributed by atoms with Gasteiger partial charge in [0.05, 0.1) is 6.61 Å². The largest absolute Gasteiger partial charge is 0.494 e. The molecule has 0 spiro atoms. The van der Waals surface area contributed by atoms with Gasteiger partial charge >= 0.3 is 0 Å². The van der Waals surface area contributed by atoms with Crippen LogP contribution in [0.5, 0.6) is 5.75 Å². The molecule has 0 N–H and O–H groups in total. The summed E-state index contributed by atoms with van der Waals surface area (Å²) in [5.41, 5.74) is 0.860. The normalized spacial score (nSPS) is 10.3. The van der Waals surface area contributed by atoms with Crippen molar-refractivity contribution >= 4 is 0 Å². The zero-order valence-corrected chi connectivity index (χ0v) is 10.5. The molecular formula is C15H17NO2. The molecule has 3 heteroatoms. The average molecular weight is 243 g/mol. The van der Waals surface area contributed by atoms with Gasteiger partial charge in [-0.05, 0) is 31.5 Å². The molecule has 0 aliphatic heterocycles. The molecule has 2 aromatic rings. The van der Waals surface area contributed by atoms with E-state index in [1.807, 2.05) is 55.6 Å². The lowest BCUT2D eigenvalue weighted by Crippen LogP contribution is -2.22. The quantitative estimate of drug-likeness (QED) is 0.756. The van der Waals surface area contributed by atoms with Gasteiger partial charge < -0.3 is 9.30 Å². The second-order valence-electron chi connectivity index (χ2n) is 4.20. The number of aromatic nitrogens is 1. The van der Waals surface area contributed by atoms with Crippen LogP contribution in [0.15, 0.2) is 53.5 Å². The van der Waals surface area contributed by atoms with Crippen LogP contribution in [0.2, 0.25) is 0 Å². The molecule has 0 aliphatic carbocycles. The van der Waals surface area contributed by atoms with Crippen molar-refractivity contribution in [2.24, 2.45) is 0 Å². The van der Waals surface area contributed by atoms with Crippen molar-refractivity contribution in [3.63, 3.8) is 0 Å². The molecular weight excluding hydrogens is 226 g/mol. The van der Waals surface area contributed by atoms with Crippen LogP contribution in [0.1, 0.15) is 12.0 Å². The fourth-order valence-electron chi connectivity index (χ4n) is 1.77. The van der Waals surface area contributed by atoms with E-state index in [4.69, 9.17) is 4.74 Å². The molecule has 3 nitrogen and oxygen atoms in total. The Bertz CT molecular complexity index is 546. The predicted molar refractivity (Wildman–Crippen MR) is 72.0 cm³/mol. The van der Waals surface area contributed by atoms with E-state index in [1.54, 1.807) is 4.57 Å². The second kappa shape index (κ2) is 6.05. The summed E-state index contributed by atoms with van der Waals surface area (Å²) in [7, 11) is 0. The summed E-state index contributed by atoms with van der Waals surface area (Å²) in [6.07, 6.45) is 2.64. The highest BCUT2D eigenvalue weighted by atomic mass is 16.5. The maximum atomic E-state index is 11.8. The lowest BCUT2D eigenvalue weighted by molar-refractivity contribution is 0.301. The summed E-state index contributed by atoms with van der Waals surface area (Å²) in [4.78, 5) is 11.8. The third kappa shape index (κ3) is 3.23. The number of ether oxygens (including phenoxy) is 1. The van der Waals surface area contributed by atoms with Crippen LogP contribution in [0.4, 0.5) is 0 Å². The number of para-hydroxylation sites is 1. The third-order valence-corrected chi connectivity index (χ3v) is 2.77. The smallest absolute Gasteiger partial charge is 0.253 e. The lowest BCUT2D eigenvalue weighted by Gasteiger charge is -2.08. The van der Waals surface area contributed by atoms with Crippen molar-refractivity contribution in [2.45, 2.75) is 19.9 Å². The van der Waals surface area contributed by atoms with Gasteiger partial charge in [-0.25, -0.2) is 0 Å². The molecule has 0 unspecified atom stereocenters. The van der Waals surface area contributed by atoms with E-state index in [1.165, 1.54) is 0 Å². The number of nitrogens with zero attached hydrogens (tertiary/aromatic N) is 1. The molecule has 2 rings (SSSR count). The number of pyridine rings is 1. The van der Waals surface area contributed by atoms with E-state index in [9.17, 15) is 4.79 Å². The Labute approximate surface area is 107 Å². The molecule has 94 valence electrons. The number of aryl methyl sites for hydroxylation is 2. The molecule has 0 saturated heterocycles. The van der Waals surface area contributed by atoms with Crippen molar-refractivity contribution in [1.29, 1.82) is 0 Å². The zero-order valence-electron chi connectivity index (χ0n) is 10.5. The maximum absolute atomic E-state index is 11.8. The predicted octanol–water partition coefficient (Wildman–Crippen LogP) is 2.63. The van der Waals surface area contributed by atoms with E-state index in [0.717, 1.165) is 17.7 Å². The first kappa shape index (κ1) is 12.4. The van der Waals surface area contributed by atoms with Crippen molar-refractivity contribution in [3.8, 4) is 5.75 Å². The summed E-state index contributed by atoms with van der Waals surface area (Å²) in [6, 6.07) is 13.4. The van der Waals surface area contributed by atoms with E-state index >= 15 is 0 Å². The standard InChI is InChI=1S/C15H17NO2/c1-13-7-5-10-16(15(13)17)11-6-12-18-14-8-3-2-4-9-14/h2-5,7-10H,6,11-12H2,1H3. The molecule has 0 amide bonds. The van der Waals surface area contributed by atoms with Gasteiger partial charge in [0.15, 0.2) is 0 Å². The topological polar surface area (TPSA) is 31.2 Å². The van der Waals surface area contributed by atoms with Crippen LogP contribution in [-0.2, 0) is 6.54 Å². The van der Waals surface area contributed by atoms with Crippen molar-refractivity contribution < 1.29 is 4.74 Å². The highest BCUT2D eigenvalue weighted by Crippen LogP contribution is 2.08. The first-order valence-electron chi connectivity index (χ1n) is 6.11. The molecule has 0 saturated carbocycles. The zero-order chi connectivity index (χ0) is 12.8. The molecule has 18 heavy (non-hydrogen) atoms. The number of hydrogen-bond acceptors (Lipinski definition) is 2. The molecule has 1 aromatic carbocycles. The lowest BCUT2D eigenvalue weighted by atomic mass is 10.3. The van der Waals surface area contributed by atoms with Gasteiger partial charge in [0.2, 0.25) is 0 Å². The first-order valence-corrected chi connectivity index (χ1v) is 6.11. The Hall–Kier alpha value is -2.03. The van der Waals surface area contributed by atoms with Crippen molar-refractivity contribution in [1.82, 2.24) is 4.57 Å². The summed E-state index contributed by atoms with van der Waals surface area (Å²) in [5, 5.41) is 0. The maximum Gasteiger partial charge on any atom is 0.253 e. The van der Waals surface area contributed by atoms with Crippen LogP contribution in [0.3, 0.4) is 0 Å². The third-order valence-electron chi connectivity index (χ3n) is 2.77. The van der Waals surface area contributed by atoms with Gasteiger partial charge in [0.1, 0.15) is 5.75 Å². The van der Waals surface area contributed by atoms with E-state index < -0.39 is 0 Å². The Balaban J connectivity index is 1.82. The van der Waals surface area contributed by atoms with Gasteiger partial charge in [-0.15, -0.1) is 0 Å². The van der Waals surface area contributed by atoms with E-state index in [2.05, 4.69) is 0 Å². The summed E-state index contributed by atoms with van der Waals surface area (Å²) in [5.74, 6) is 0.870. The van der Waals surface area contributed by atoms with Gasteiger partial charge in [-0.1, -0.05) is 24.3 Å². The molecule has 0 atom stereocenters. The SMILES string of the molecule is Cc1cccn(CCCOc2ccccc2)c1=O. The number of rotatable bonds is 5. The highest BCUT2D eigenvalue weighted by molar-refractivity contribution is 5.20. The molecule has 0 aliphatic rings. The minimum absolute atomic E-state index is 0.0808. The fourth-order valence-corrected chi connectivity index (χ4v) is 1.77. The second-order valence-corrected chi connectivity index (χ2v) is 4.20. The minimum Gasteiger partial charge on any atom is -0.494 e. The van der Waals surface area contributed by atoms with Crippen LogP contribution >= 0.6 is 0 Å². The summed E-state index contributed by atoms with van der Waals surface area (Å²) in [6.45, 7) is 3.14. The molecule has 0 radical (unpaired) electrons. The monoisotopic (exact) mass is 243 g/mol. The summed E-state index contributed by atoms with van der Waals surface area (Å²) < 4.78 is 7.31. The first-order chi connectivity index (χ1) is 8.77. The van der Waals surface area contributed by atoms with Gasteiger partial charge in [0, 0.05) is 18.3 Å². The average Bonchev–Trinajstić information content (AvgIpc) is 2.40. The Morgan fingerprint density at radius 3 is 2.67 bits per heavy atom. The van der Waals surface area contributed by atoms with E-state index in [-0.39, 0.29) is 5.56 Å². The van der Waals surface area contributed by atoms with Gasteiger partial charge in [0.25, 0.3) is 5.56 Å². The fraction of sp³-hybridized carbons (Fsp3) is 0.267. The number of benzene rings is 1. The van der Waals surface area contributed by atoms with E-state index in [0.29, 0.717) is 13.2 Å². The molecule has 1 heterocycles. The van der Waals surface area contributed by atoms with Crippen LogP contribution in [0.25, 0.3) is 0 Å². The van der Waals surface area contributed by atoms with Gasteiger partial charge in [-0.3, -0.25) is 4.79 Å². The highest BCUT2D eigenvalue weighted by Gasteiger charge is 1.98. The van der Waals surface area contributed by atoms with Crippen LogP contribution in [-0.4, -0.2) is 11.2 Å². The Morgan fingerprint density at radius 1 is 1.11 bits per heavy atom. The Morgan fingerprint density at radius 2 is 1.89 bits per heavy atom. The van der Waals surface area contributed by atoms with Crippen LogP contribution < -0.4 is 10.3 Å². The molecule has 0 fully saturated rings. The van der Waals surface area contributed by atoms with Crippen molar-refractivity contribution in [3.05, 3.63) is 64.6 Å². The Kier molecular flexibility index (Phi) is 4.18. The van der Waals surface area contributed by atoms with Crippen LogP contribution in [0, 0.1) is 6.92 Å². The summed E-state index contributed by atoms with van der Waals surface area (Å²) >= 11 is 0.